The van der Waals surface area contributed by atoms with Crippen molar-refractivity contribution in [2.24, 2.45) is 0 Å². The minimum Gasteiger partial charge on any atom is -0.355 e. The molecule has 0 saturated carbocycles. The molecule has 0 bridgehead atoms. The smallest absolute Gasteiger partial charge is 0.154 e. The van der Waals surface area contributed by atoms with Crippen LogP contribution in [-0.4, -0.2) is 12.0 Å². The number of benzene rings is 1. The zero-order valence-electron chi connectivity index (χ0n) is 8.58. The number of halogens is 2. The van der Waals surface area contributed by atoms with Gasteiger partial charge in [-0.05, 0) is 17.7 Å². The van der Waals surface area contributed by atoms with Gasteiger partial charge >= 0.3 is 0 Å². The lowest BCUT2D eigenvalue weighted by Gasteiger charge is -2.16. The van der Waals surface area contributed by atoms with E-state index < -0.39 is 0 Å². The predicted octanol–water partition coefficient (Wildman–Crippen LogP) is 3.89. The minimum absolute atomic E-state index is 0.579. The monoisotopic (exact) mass is 271 g/mol. The number of thiazole rings is 1. The van der Waals surface area contributed by atoms with Gasteiger partial charge in [0.25, 0.3) is 0 Å². The average Bonchev–Trinajstić information content (AvgIpc) is 2.77. The van der Waals surface area contributed by atoms with E-state index in [2.05, 4.69) is 10.5 Å². The summed E-state index contributed by atoms with van der Waals surface area (Å²) < 4.78 is 0. The van der Waals surface area contributed by atoms with Crippen molar-refractivity contribution in [2.45, 2.75) is 6.54 Å². The molecule has 0 N–H and O–H groups in total. The van der Waals surface area contributed by atoms with Gasteiger partial charge in [-0.1, -0.05) is 29.3 Å². The van der Waals surface area contributed by atoms with E-state index in [1.54, 1.807) is 6.07 Å². The first-order chi connectivity index (χ1) is 7.66. The molecule has 0 fully saturated rings. The van der Waals surface area contributed by atoms with Gasteiger partial charge in [0.2, 0.25) is 0 Å². The summed E-state index contributed by atoms with van der Waals surface area (Å²) in [6.45, 7) is 0.745. The molecule has 1 radical (unpaired) electrons. The third-order valence-electron chi connectivity index (χ3n) is 2.17. The molecular weight excluding hydrogens is 263 g/mol. The highest BCUT2D eigenvalue weighted by Gasteiger charge is 2.05. The Morgan fingerprint density at radius 2 is 2.19 bits per heavy atom. The van der Waals surface area contributed by atoms with Crippen LogP contribution in [0, 0.1) is 5.51 Å². The van der Waals surface area contributed by atoms with Crippen LogP contribution >= 0.6 is 34.5 Å². The van der Waals surface area contributed by atoms with Crippen LogP contribution in [0.3, 0.4) is 0 Å². The van der Waals surface area contributed by atoms with Gasteiger partial charge in [0.05, 0.1) is 10.0 Å². The highest BCUT2D eigenvalue weighted by molar-refractivity contribution is 7.07. The lowest BCUT2D eigenvalue weighted by Crippen LogP contribution is -2.16. The zero-order valence-corrected chi connectivity index (χ0v) is 10.9. The second kappa shape index (κ2) is 5.04. The summed E-state index contributed by atoms with van der Waals surface area (Å²) in [6, 6.07) is 5.64. The highest BCUT2D eigenvalue weighted by atomic mass is 35.5. The summed E-state index contributed by atoms with van der Waals surface area (Å²) in [5.74, 6) is 0.913. The summed E-state index contributed by atoms with van der Waals surface area (Å²) in [7, 11) is 1.98. The number of anilines is 1. The number of hydrogen-bond acceptors (Lipinski definition) is 3. The molecule has 1 aromatic carbocycles. The first-order valence-corrected chi connectivity index (χ1v) is 6.27. The fourth-order valence-corrected chi connectivity index (χ4v) is 2.20. The number of rotatable bonds is 3. The van der Waals surface area contributed by atoms with Crippen molar-refractivity contribution in [2.75, 3.05) is 11.9 Å². The molecule has 2 nitrogen and oxygen atoms in total. The van der Waals surface area contributed by atoms with Gasteiger partial charge in [-0.25, -0.2) is 4.98 Å². The van der Waals surface area contributed by atoms with Gasteiger partial charge in [0.15, 0.2) is 5.51 Å². The van der Waals surface area contributed by atoms with Crippen molar-refractivity contribution < 1.29 is 0 Å². The van der Waals surface area contributed by atoms with Gasteiger partial charge in [0, 0.05) is 19.0 Å². The molecule has 5 heteroatoms. The lowest BCUT2D eigenvalue weighted by atomic mass is 10.2. The van der Waals surface area contributed by atoms with Gasteiger partial charge in [-0.3, -0.25) is 0 Å². The van der Waals surface area contributed by atoms with E-state index in [9.17, 15) is 0 Å². The van der Waals surface area contributed by atoms with Crippen molar-refractivity contribution in [3.8, 4) is 0 Å². The Morgan fingerprint density at radius 3 is 2.81 bits per heavy atom. The van der Waals surface area contributed by atoms with E-state index in [0.29, 0.717) is 10.0 Å². The normalized spacial score (nSPS) is 10.4. The minimum atomic E-state index is 0.579. The van der Waals surface area contributed by atoms with Gasteiger partial charge < -0.3 is 4.90 Å². The first-order valence-electron chi connectivity index (χ1n) is 4.63. The van der Waals surface area contributed by atoms with Crippen LogP contribution in [0.4, 0.5) is 5.82 Å². The molecule has 0 aliphatic rings. The Balaban J connectivity index is 2.12. The van der Waals surface area contributed by atoms with Crippen molar-refractivity contribution >= 4 is 40.4 Å². The molecule has 1 heterocycles. The van der Waals surface area contributed by atoms with Crippen LogP contribution in [0.25, 0.3) is 0 Å². The van der Waals surface area contributed by atoms with Gasteiger partial charge in [-0.2, -0.15) is 0 Å². The molecule has 2 aromatic rings. The van der Waals surface area contributed by atoms with E-state index in [0.717, 1.165) is 17.9 Å². The molecule has 0 saturated heterocycles. The molecule has 0 aliphatic carbocycles. The Hall–Kier alpha value is -0.770. The summed E-state index contributed by atoms with van der Waals surface area (Å²) in [5.41, 5.74) is 3.92. The van der Waals surface area contributed by atoms with Crippen LogP contribution in [0.5, 0.6) is 0 Å². The average molecular weight is 272 g/mol. The van der Waals surface area contributed by atoms with Crippen molar-refractivity contribution in [3.05, 3.63) is 44.7 Å². The van der Waals surface area contributed by atoms with Crippen LogP contribution in [0.1, 0.15) is 5.56 Å². The highest BCUT2D eigenvalue weighted by Crippen LogP contribution is 2.24. The largest absolute Gasteiger partial charge is 0.355 e. The third kappa shape index (κ3) is 2.67. The standard InChI is InChI=1S/C11H9Cl2N2S/c1-15(11-6-16-7-14-11)5-8-2-3-9(12)10(13)4-8/h2-4,6H,5H2,1H3. The van der Waals surface area contributed by atoms with E-state index >= 15 is 0 Å². The van der Waals surface area contributed by atoms with Crippen molar-refractivity contribution in [1.82, 2.24) is 4.98 Å². The van der Waals surface area contributed by atoms with Crippen molar-refractivity contribution in [3.63, 3.8) is 0 Å². The van der Waals surface area contributed by atoms with Crippen LogP contribution < -0.4 is 4.90 Å². The topological polar surface area (TPSA) is 16.1 Å². The number of hydrogen-bond donors (Lipinski definition) is 0. The zero-order chi connectivity index (χ0) is 11.5. The predicted molar refractivity (Wildman–Crippen MR) is 69.5 cm³/mol. The van der Waals surface area contributed by atoms with E-state index in [1.165, 1.54) is 11.3 Å². The van der Waals surface area contributed by atoms with Gasteiger partial charge in [-0.15, -0.1) is 11.3 Å². The molecule has 0 aliphatic heterocycles. The summed E-state index contributed by atoms with van der Waals surface area (Å²) in [4.78, 5) is 6.15. The first kappa shape index (κ1) is 11.7. The Morgan fingerprint density at radius 1 is 1.38 bits per heavy atom. The molecule has 16 heavy (non-hydrogen) atoms. The third-order valence-corrected chi connectivity index (χ3v) is 3.44. The Labute approximate surface area is 108 Å². The van der Waals surface area contributed by atoms with Crippen molar-refractivity contribution in [1.29, 1.82) is 0 Å². The van der Waals surface area contributed by atoms with Crippen LogP contribution in [0.2, 0.25) is 10.0 Å². The van der Waals surface area contributed by atoms with Crippen LogP contribution in [-0.2, 0) is 6.54 Å². The Bertz CT molecular complexity index is 471. The molecule has 0 unspecified atom stereocenters. The second-order valence-electron chi connectivity index (χ2n) is 3.40. The van der Waals surface area contributed by atoms with Crippen LogP contribution in [0.15, 0.2) is 23.6 Å². The fraction of sp³-hybridized carbons (Fsp3) is 0.182. The molecule has 0 spiro atoms. The summed E-state index contributed by atoms with van der Waals surface area (Å²) in [5, 5.41) is 3.12. The number of nitrogens with zero attached hydrogens (tertiary/aromatic N) is 2. The SMILES string of the molecule is CN(Cc1ccc(Cl)c(Cl)c1)c1cs[c]n1. The van der Waals surface area contributed by atoms with Gasteiger partial charge in [0.1, 0.15) is 5.82 Å². The fourth-order valence-electron chi connectivity index (χ4n) is 1.35. The summed E-state index contributed by atoms with van der Waals surface area (Å²) in [6.07, 6.45) is 0. The summed E-state index contributed by atoms with van der Waals surface area (Å²) >= 11 is 13.3. The molecule has 0 atom stereocenters. The molecule has 1 aromatic heterocycles. The van der Waals surface area contributed by atoms with E-state index in [-0.39, 0.29) is 0 Å². The quantitative estimate of drug-likeness (QED) is 0.842. The van der Waals surface area contributed by atoms with E-state index in [1.807, 2.05) is 29.5 Å². The maximum Gasteiger partial charge on any atom is 0.154 e. The number of aromatic nitrogens is 1. The maximum absolute atomic E-state index is 5.95. The van der Waals surface area contributed by atoms with E-state index in [4.69, 9.17) is 23.2 Å². The lowest BCUT2D eigenvalue weighted by molar-refractivity contribution is 0.904. The molecule has 0 amide bonds. The second-order valence-corrected chi connectivity index (χ2v) is 4.87. The maximum atomic E-state index is 5.95. The molecular formula is C11H9Cl2N2S. The molecule has 2 rings (SSSR count). The molecule has 83 valence electrons. The Kier molecular flexibility index (Phi) is 3.69.